The van der Waals surface area contributed by atoms with E-state index in [1.54, 1.807) is 0 Å². The van der Waals surface area contributed by atoms with Crippen molar-refractivity contribution in [3.63, 3.8) is 0 Å². The summed E-state index contributed by atoms with van der Waals surface area (Å²) in [5, 5.41) is 12.2. The fourth-order valence-corrected chi connectivity index (χ4v) is 1.75. The highest BCUT2D eigenvalue weighted by Gasteiger charge is 2.28. The Labute approximate surface area is 81.5 Å². The summed E-state index contributed by atoms with van der Waals surface area (Å²) in [6.07, 6.45) is -1.97. The van der Waals surface area contributed by atoms with Crippen molar-refractivity contribution in [2.75, 3.05) is 6.54 Å². The molecule has 1 saturated carbocycles. The number of hydrogen-bond donors (Lipinski definition) is 2. The Morgan fingerprint density at radius 1 is 1.21 bits per heavy atom. The van der Waals surface area contributed by atoms with Crippen LogP contribution in [0, 0.1) is 0 Å². The van der Waals surface area contributed by atoms with Gasteiger partial charge in [0.05, 0.1) is 12.5 Å². The monoisotopic (exact) mass is 211 g/mol. The van der Waals surface area contributed by atoms with Gasteiger partial charge in [0.1, 0.15) is 0 Å². The third kappa shape index (κ3) is 4.28. The van der Waals surface area contributed by atoms with Crippen LogP contribution < -0.4 is 5.32 Å². The second-order valence-electron chi connectivity index (χ2n) is 3.78. The second-order valence-corrected chi connectivity index (χ2v) is 3.78. The number of hydrogen-bond acceptors (Lipinski definition) is 2. The maximum Gasteiger partial charge on any atom is 0.390 e. The van der Waals surface area contributed by atoms with Crippen molar-refractivity contribution in [3.8, 4) is 0 Å². The third-order valence-electron chi connectivity index (χ3n) is 2.54. The lowest BCUT2D eigenvalue weighted by Crippen LogP contribution is -2.43. The van der Waals surface area contributed by atoms with E-state index in [-0.39, 0.29) is 12.6 Å². The van der Waals surface area contributed by atoms with E-state index >= 15 is 0 Å². The Kier molecular flexibility index (Phi) is 4.19. The van der Waals surface area contributed by atoms with E-state index in [0.29, 0.717) is 6.42 Å². The Hall–Kier alpha value is -0.290. The quantitative estimate of drug-likeness (QED) is 0.746. The summed E-state index contributed by atoms with van der Waals surface area (Å²) < 4.78 is 35.4. The molecule has 1 fully saturated rings. The smallest absolute Gasteiger partial charge is 0.390 e. The number of alkyl halides is 3. The molecule has 5 heteroatoms. The standard InChI is InChI=1S/C9H16F3NO/c10-9(11,12)5-6-13-7-3-1-2-4-8(7)14/h7-8,13-14H,1-6H2. The van der Waals surface area contributed by atoms with E-state index in [1.807, 2.05) is 0 Å². The fraction of sp³-hybridized carbons (Fsp3) is 1.00. The van der Waals surface area contributed by atoms with Crippen molar-refractivity contribution < 1.29 is 18.3 Å². The lowest BCUT2D eigenvalue weighted by Gasteiger charge is -2.28. The van der Waals surface area contributed by atoms with Crippen LogP contribution in [0.4, 0.5) is 13.2 Å². The molecule has 1 aliphatic rings. The molecule has 0 aromatic heterocycles. The maximum atomic E-state index is 11.8. The summed E-state index contributed by atoms with van der Waals surface area (Å²) in [5.74, 6) is 0. The van der Waals surface area contributed by atoms with Crippen LogP contribution in [0.1, 0.15) is 32.1 Å². The SMILES string of the molecule is OC1CCCCC1NCCC(F)(F)F. The van der Waals surface area contributed by atoms with Crippen LogP contribution in [-0.2, 0) is 0 Å². The number of aliphatic hydroxyl groups is 1. The van der Waals surface area contributed by atoms with E-state index < -0.39 is 18.7 Å². The van der Waals surface area contributed by atoms with Crippen molar-refractivity contribution in [3.05, 3.63) is 0 Å². The van der Waals surface area contributed by atoms with Gasteiger partial charge in [-0.25, -0.2) is 0 Å². The van der Waals surface area contributed by atoms with Gasteiger partial charge in [0, 0.05) is 12.6 Å². The van der Waals surface area contributed by atoms with Crippen LogP contribution in [0.15, 0.2) is 0 Å². The zero-order valence-corrected chi connectivity index (χ0v) is 7.98. The molecular weight excluding hydrogens is 195 g/mol. The van der Waals surface area contributed by atoms with Gasteiger partial charge in [0.2, 0.25) is 0 Å². The van der Waals surface area contributed by atoms with Gasteiger partial charge in [-0.3, -0.25) is 0 Å². The third-order valence-corrected chi connectivity index (χ3v) is 2.54. The zero-order valence-electron chi connectivity index (χ0n) is 7.98. The average molecular weight is 211 g/mol. The lowest BCUT2D eigenvalue weighted by atomic mass is 9.92. The molecule has 0 aliphatic heterocycles. The first kappa shape index (κ1) is 11.8. The average Bonchev–Trinajstić information content (AvgIpc) is 2.06. The fourth-order valence-electron chi connectivity index (χ4n) is 1.75. The minimum Gasteiger partial charge on any atom is -0.392 e. The maximum absolute atomic E-state index is 11.8. The zero-order chi connectivity index (χ0) is 10.6. The van der Waals surface area contributed by atoms with Gasteiger partial charge in [0.15, 0.2) is 0 Å². The summed E-state index contributed by atoms with van der Waals surface area (Å²) >= 11 is 0. The Morgan fingerprint density at radius 3 is 2.43 bits per heavy atom. The van der Waals surface area contributed by atoms with Crippen LogP contribution in [-0.4, -0.2) is 30.0 Å². The van der Waals surface area contributed by atoms with E-state index in [1.165, 1.54) is 0 Å². The van der Waals surface area contributed by atoms with Gasteiger partial charge in [0.25, 0.3) is 0 Å². The minimum atomic E-state index is -4.10. The van der Waals surface area contributed by atoms with Crippen LogP contribution >= 0.6 is 0 Å². The van der Waals surface area contributed by atoms with E-state index in [4.69, 9.17) is 0 Å². The summed E-state index contributed by atoms with van der Waals surface area (Å²) in [7, 11) is 0. The first-order chi connectivity index (χ1) is 6.49. The molecular formula is C9H16F3NO. The van der Waals surface area contributed by atoms with Gasteiger partial charge < -0.3 is 10.4 Å². The highest BCUT2D eigenvalue weighted by atomic mass is 19.4. The molecule has 1 rings (SSSR count). The van der Waals surface area contributed by atoms with Crippen molar-refractivity contribution in [1.82, 2.24) is 5.32 Å². The van der Waals surface area contributed by atoms with Crippen LogP contribution in [0.3, 0.4) is 0 Å². The second kappa shape index (κ2) is 4.98. The minimum absolute atomic E-state index is 0.0920. The Bertz CT molecular complexity index is 172. The summed E-state index contributed by atoms with van der Waals surface area (Å²) in [6, 6.07) is -0.147. The largest absolute Gasteiger partial charge is 0.392 e. The molecule has 1 aliphatic carbocycles. The normalized spacial score (nSPS) is 29.1. The molecule has 84 valence electrons. The van der Waals surface area contributed by atoms with Gasteiger partial charge >= 0.3 is 6.18 Å². The lowest BCUT2D eigenvalue weighted by molar-refractivity contribution is -0.134. The molecule has 0 saturated heterocycles. The van der Waals surface area contributed by atoms with Crippen LogP contribution in [0.25, 0.3) is 0 Å². The first-order valence-electron chi connectivity index (χ1n) is 4.97. The van der Waals surface area contributed by atoms with Crippen molar-refractivity contribution in [1.29, 1.82) is 0 Å². The molecule has 0 amide bonds. The Balaban J connectivity index is 2.17. The highest BCUT2D eigenvalue weighted by molar-refractivity contribution is 4.80. The van der Waals surface area contributed by atoms with Gasteiger partial charge in [-0.2, -0.15) is 13.2 Å². The predicted molar refractivity (Wildman–Crippen MR) is 46.9 cm³/mol. The first-order valence-corrected chi connectivity index (χ1v) is 4.97. The Morgan fingerprint density at radius 2 is 1.86 bits per heavy atom. The number of nitrogens with one attached hydrogen (secondary N) is 1. The van der Waals surface area contributed by atoms with Crippen molar-refractivity contribution >= 4 is 0 Å². The number of rotatable bonds is 3. The summed E-state index contributed by atoms with van der Waals surface area (Å²) in [6.45, 7) is -0.0920. The molecule has 2 atom stereocenters. The van der Waals surface area contributed by atoms with Crippen molar-refractivity contribution in [2.24, 2.45) is 0 Å². The van der Waals surface area contributed by atoms with E-state index in [2.05, 4.69) is 5.32 Å². The molecule has 0 aromatic rings. The molecule has 0 bridgehead atoms. The summed E-state index contributed by atoms with van der Waals surface area (Å²) in [4.78, 5) is 0. The van der Waals surface area contributed by atoms with Crippen LogP contribution in [0.5, 0.6) is 0 Å². The van der Waals surface area contributed by atoms with E-state index in [9.17, 15) is 18.3 Å². The van der Waals surface area contributed by atoms with Crippen molar-refractivity contribution in [2.45, 2.75) is 50.4 Å². The topological polar surface area (TPSA) is 32.3 Å². The van der Waals surface area contributed by atoms with Gasteiger partial charge in [-0.15, -0.1) is 0 Å². The molecule has 0 spiro atoms. The number of aliphatic hydroxyl groups excluding tert-OH is 1. The molecule has 0 aromatic carbocycles. The van der Waals surface area contributed by atoms with E-state index in [0.717, 1.165) is 19.3 Å². The summed E-state index contributed by atoms with van der Waals surface area (Å²) in [5.41, 5.74) is 0. The molecule has 14 heavy (non-hydrogen) atoms. The molecule has 2 unspecified atom stereocenters. The molecule has 2 N–H and O–H groups in total. The molecule has 0 radical (unpaired) electrons. The highest BCUT2D eigenvalue weighted by Crippen LogP contribution is 2.21. The molecule has 0 heterocycles. The number of halogens is 3. The van der Waals surface area contributed by atoms with Gasteiger partial charge in [-0.05, 0) is 12.8 Å². The van der Waals surface area contributed by atoms with Gasteiger partial charge in [-0.1, -0.05) is 12.8 Å². The predicted octanol–water partition coefficient (Wildman–Crippen LogP) is 1.83. The molecule has 2 nitrogen and oxygen atoms in total. The van der Waals surface area contributed by atoms with Crippen LogP contribution in [0.2, 0.25) is 0 Å².